The highest BCUT2D eigenvalue weighted by Crippen LogP contribution is 2.31. The molecule has 5 rings (SSSR count). The first kappa shape index (κ1) is 19.2. The Morgan fingerprint density at radius 2 is 1.65 bits per heavy atom. The number of rotatable bonds is 6. The van der Waals surface area contributed by atoms with Gasteiger partial charge in [0.1, 0.15) is 30.6 Å². The van der Waals surface area contributed by atoms with Crippen LogP contribution in [0.3, 0.4) is 0 Å². The number of carbonyl (C=O) groups excluding carboxylic acids is 1. The standard InChI is InChI=1S/C26H23NO4/c28-25(13-11-18-10-12-22-23(16-18)30-15-14-29-22)27-26(19-6-2-1-3-7-19)24-17-20-8-4-5-9-21(20)31-24/h1-10,12,16-17,26H,11,13-15H2,(H,27,28)/t26-/m1/s1. The molecule has 0 bridgehead atoms. The average molecular weight is 413 g/mol. The van der Waals surface area contributed by atoms with Crippen LogP contribution in [0.1, 0.15) is 29.3 Å². The average Bonchev–Trinajstić information content (AvgIpc) is 3.25. The molecule has 4 aromatic rings. The summed E-state index contributed by atoms with van der Waals surface area (Å²) in [6.07, 6.45) is 0.979. The predicted molar refractivity (Wildman–Crippen MR) is 118 cm³/mol. The number of para-hydroxylation sites is 1. The highest BCUT2D eigenvalue weighted by molar-refractivity contribution is 5.80. The molecule has 0 spiro atoms. The largest absolute Gasteiger partial charge is 0.486 e. The minimum absolute atomic E-state index is 0.0378. The lowest BCUT2D eigenvalue weighted by Crippen LogP contribution is -2.29. The molecular formula is C26H23NO4. The molecule has 1 N–H and O–H groups in total. The van der Waals surface area contributed by atoms with Crippen LogP contribution in [-0.4, -0.2) is 19.1 Å². The fourth-order valence-corrected chi connectivity index (χ4v) is 3.84. The van der Waals surface area contributed by atoms with Crippen molar-refractivity contribution < 1.29 is 18.7 Å². The second kappa shape index (κ2) is 8.56. The number of benzene rings is 3. The van der Waals surface area contributed by atoms with Crippen molar-refractivity contribution in [2.45, 2.75) is 18.9 Å². The Morgan fingerprint density at radius 1 is 0.871 bits per heavy atom. The lowest BCUT2D eigenvalue weighted by Gasteiger charge is -2.19. The molecule has 0 radical (unpaired) electrons. The molecule has 1 amide bonds. The summed E-state index contributed by atoms with van der Waals surface area (Å²) in [4.78, 5) is 12.9. The van der Waals surface area contributed by atoms with Gasteiger partial charge in [0.05, 0.1) is 0 Å². The predicted octanol–water partition coefficient (Wildman–Crippen LogP) is 5.04. The Balaban J connectivity index is 1.32. The molecule has 5 heteroatoms. The molecule has 156 valence electrons. The SMILES string of the molecule is O=C(CCc1ccc2c(c1)OCCO2)N[C@H](c1ccccc1)c1cc2ccccc2o1. The Labute approximate surface area is 180 Å². The first-order valence-electron chi connectivity index (χ1n) is 10.5. The van der Waals surface area contributed by atoms with Gasteiger partial charge in [-0.1, -0.05) is 54.6 Å². The number of fused-ring (bicyclic) bond motifs is 2. The van der Waals surface area contributed by atoms with E-state index in [9.17, 15) is 4.79 Å². The van der Waals surface area contributed by atoms with Gasteiger partial charge in [-0.3, -0.25) is 4.79 Å². The number of amides is 1. The van der Waals surface area contributed by atoms with Crippen molar-refractivity contribution >= 4 is 16.9 Å². The van der Waals surface area contributed by atoms with Gasteiger partial charge in [-0.2, -0.15) is 0 Å². The summed E-state index contributed by atoms with van der Waals surface area (Å²) in [6.45, 7) is 1.12. The number of hydrogen-bond acceptors (Lipinski definition) is 4. The molecule has 0 saturated heterocycles. The van der Waals surface area contributed by atoms with E-state index in [1.54, 1.807) is 0 Å². The van der Waals surface area contributed by atoms with Crippen LogP contribution in [0.15, 0.2) is 83.3 Å². The molecule has 2 heterocycles. The van der Waals surface area contributed by atoms with E-state index in [1.807, 2.05) is 78.9 Å². The van der Waals surface area contributed by atoms with E-state index in [-0.39, 0.29) is 11.9 Å². The van der Waals surface area contributed by atoms with Gasteiger partial charge >= 0.3 is 0 Å². The smallest absolute Gasteiger partial charge is 0.221 e. The fourth-order valence-electron chi connectivity index (χ4n) is 3.84. The second-order valence-electron chi connectivity index (χ2n) is 7.58. The lowest BCUT2D eigenvalue weighted by molar-refractivity contribution is -0.121. The van der Waals surface area contributed by atoms with Gasteiger partial charge in [0.2, 0.25) is 5.91 Å². The van der Waals surface area contributed by atoms with Crippen LogP contribution in [0.5, 0.6) is 11.5 Å². The van der Waals surface area contributed by atoms with E-state index in [4.69, 9.17) is 13.9 Å². The van der Waals surface area contributed by atoms with Crippen molar-refractivity contribution in [2.24, 2.45) is 0 Å². The van der Waals surface area contributed by atoms with E-state index in [0.717, 1.165) is 39.4 Å². The molecule has 0 unspecified atom stereocenters. The summed E-state index contributed by atoms with van der Waals surface area (Å²) in [5, 5.41) is 4.17. The fraction of sp³-hybridized carbons (Fsp3) is 0.192. The first-order valence-corrected chi connectivity index (χ1v) is 10.5. The van der Waals surface area contributed by atoms with Crippen molar-refractivity contribution in [1.29, 1.82) is 0 Å². The van der Waals surface area contributed by atoms with E-state index in [2.05, 4.69) is 5.32 Å². The molecule has 1 atom stereocenters. The van der Waals surface area contributed by atoms with Gasteiger partial charge in [-0.05, 0) is 41.8 Å². The molecule has 31 heavy (non-hydrogen) atoms. The number of ether oxygens (including phenoxy) is 2. The molecule has 0 fully saturated rings. The zero-order valence-electron chi connectivity index (χ0n) is 17.0. The van der Waals surface area contributed by atoms with Crippen molar-refractivity contribution in [3.8, 4) is 11.5 Å². The Morgan fingerprint density at radius 3 is 2.48 bits per heavy atom. The van der Waals surface area contributed by atoms with Crippen LogP contribution < -0.4 is 14.8 Å². The number of nitrogens with one attached hydrogen (secondary N) is 1. The molecule has 1 aromatic heterocycles. The van der Waals surface area contributed by atoms with Crippen LogP contribution in [0, 0.1) is 0 Å². The second-order valence-corrected chi connectivity index (χ2v) is 7.58. The number of furan rings is 1. The van der Waals surface area contributed by atoms with Crippen LogP contribution in [-0.2, 0) is 11.2 Å². The summed E-state index contributed by atoms with van der Waals surface area (Å²) >= 11 is 0. The minimum Gasteiger partial charge on any atom is -0.486 e. The molecule has 1 aliphatic rings. The quantitative estimate of drug-likeness (QED) is 0.481. The summed E-state index contributed by atoms with van der Waals surface area (Å²) < 4.78 is 17.3. The monoisotopic (exact) mass is 413 g/mol. The summed E-state index contributed by atoms with van der Waals surface area (Å²) in [7, 11) is 0. The normalized spacial score (nSPS) is 13.7. The van der Waals surface area contributed by atoms with Gasteiger partial charge in [-0.25, -0.2) is 0 Å². The maximum absolute atomic E-state index is 12.9. The van der Waals surface area contributed by atoms with Crippen molar-refractivity contribution in [2.75, 3.05) is 13.2 Å². The van der Waals surface area contributed by atoms with Crippen molar-refractivity contribution in [3.63, 3.8) is 0 Å². The van der Waals surface area contributed by atoms with E-state index in [1.165, 1.54) is 0 Å². The summed E-state index contributed by atoms with van der Waals surface area (Å²) in [6, 6.07) is 25.2. The van der Waals surface area contributed by atoms with Gasteiger partial charge < -0.3 is 19.2 Å². The van der Waals surface area contributed by atoms with Crippen LogP contribution >= 0.6 is 0 Å². The molecule has 0 aliphatic carbocycles. The molecule has 3 aromatic carbocycles. The molecule has 5 nitrogen and oxygen atoms in total. The van der Waals surface area contributed by atoms with Crippen LogP contribution in [0.4, 0.5) is 0 Å². The van der Waals surface area contributed by atoms with E-state index in [0.29, 0.717) is 26.1 Å². The third-order valence-electron chi connectivity index (χ3n) is 5.41. The molecule has 1 aliphatic heterocycles. The topological polar surface area (TPSA) is 60.7 Å². The maximum atomic E-state index is 12.9. The highest BCUT2D eigenvalue weighted by atomic mass is 16.6. The summed E-state index contributed by atoms with van der Waals surface area (Å²) in [5.74, 6) is 2.19. The highest BCUT2D eigenvalue weighted by Gasteiger charge is 2.21. The summed E-state index contributed by atoms with van der Waals surface area (Å²) in [5.41, 5.74) is 2.83. The zero-order chi connectivity index (χ0) is 21.0. The van der Waals surface area contributed by atoms with Crippen LogP contribution in [0.2, 0.25) is 0 Å². The van der Waals surface area contributed by atoms with E-state index < -0.39 is 0 Å². The Hall–Kier alpha value is -3.73. The lowest BCUT2D eigenvalue weighted by atomic mass is 10.0. The Kier molecular flexibility index (Phi) is 5.31. The van der Waals surface area contributed by atoms with Crippen LogP contribution in [0.25, 0.3) is 11.0 Å². The minimum atomic E-state index is -0.346. The first-order chi connectivity index (χ1) is 15.3. The van der Waals surface area contributed by atoms with Crippen molar-refractivity contribution in [3.05, 3.63) is 95.7 Å². The third-order valence-corrected chi connectivity index (χ3v) is 5.41. The van der Waals surface area contributed by atoms with Gasteiger partial charge in [0, 0.05) is 11.8 Å². The third kappa shape index (κ3) is 4.26. The van der Waals surface area contributed by atoms with E-state index >= 15 is 0 Å². The molecule has 0 saturated carbocycles. The van der Waals surface area contributed by atoms with Gasteiger partial charge in [-0.15, -0.1) is 0 Å². The van der Waals surface area contributed by atoms with Crippen molar-refractivity contribution in [1.82, 2.24) is 5.32 Å². The maximum Gasteiger partial charge on any atom is 0.221 e. The Bertz CT molecular complexity index is 1170. The number of aryl methyl sites for hydroxylation is 1. The number of hydrogen-bond donors (Lipinski definition) is 1. The molecular weight excluding hydrogens is 390 g/mol. The number of carbonyl (C=O) groups is 1. The zero-order valence-corrected chi connectivity index (χ0v) is 17.0. The van der Waals surface area contributed by atoms with Gasteiger partial charge in [0.25, 0.3) is 0 Å². The van der Waals surface area contributed by atoms with Gasteiger partial charge in [0.15, 0.2) is 11.5 Å².